The van der Waals surface area contributed by atoms with Crippen LogP contribution in [0.1, 0.15) is 15.3 Å². The van der Waals surface area contributed by atoms with Crippen molar-refractivity contribution in [2.75, 3.05) is 5.75 Å². The van der Waals surface area contributed by atoms with Crippen molar-refractivity contribution in [3.8, 4) is 5.69 Å². The van der Waals surface area contributed by atoms with E-state index in [1.807, 2.05) is 62.4 Å². The average molecular weight is 449 g/mol. The molecule has 0 radical (unpaired) electrons. The number of carbonyl (C=O) groups excluding carboxylic acids is 1. The number of aryl methyl sites for hydroxylation is 2. The molecule has 2 aromatic carbocycles. The highest BCUT2D eigenvalue weighted by molar-refractivity contribution is 7.99. The van der Waals surface area contributed by atoms with E-state index in [4.69, 9.17) is 0 Å². The summed E-state index contributed by atoms with van der Waals surface area (Å²) >= 11 is 2.80. The number of hydrogen-bond donors (Lipinski definition) is 1. The number of thioether (sulfide) groups is 1. The van der Waals surface area contributed by atoms with Crippen LogP contribution in [0.15, 0.2) is 75.7 Å². The number of para-hydroxylation sites is 1. The molecule has 0 bridgehead atoms. The Morgan fingerprint density at radius 2 is 1.90 bits per heavy atom. The molecule has 0 unspecified atom stereocenters. The molecule has 1 amide bonds. The maximum Gasteiger partial charge on any atom is 0.266 e. The van der Waals surface area contributed by atoms with Gasteiger partial charge in [0.1, 0.15) is 0 Å². The molecule has 4 rings (SSSR count). The molecule has 6 nitrogen and oxygen atoms in total. The van der Waals surface area contributed by atoms with E-state index in [0.717, 1.165) is 10.4 Å². The van der Waals surface area contributed by atoms with Gasteiger partial charge in [0.15, 0.2) is 5.16 Å². The fourth-order valence-electron chi connectivity index (χ4n) is 2.98. The second-order valence-electron chi connectivity index (χ2n) is 6.92. The number of fused-ring (bicyclic) bond motifs is 1. The smallest absolute Gasteiger partial charge is 0.266 e. The molecule has 0 saturated carbocycles. The lowest BCUT2D eigenvalue weighted by atomic mass is 10.2. The van der Waals surface area contributed by atoms with Crippen molar-refractivity contribution in [1.82, 2.24) is 15.0 Å². The second kappa shape index (κ2) is 9.28. The Bertz CT molecular complexity index is 1320. The van der Waals surface area contributed by atoms with E-state index < -0.39 is 0 Å². The highest BCUT2D eigenvalue weighted by atomic mass is 32.2. The van der Waals surface area contributed by atoms with E-state index >= 15 is 0 Å². The lowest BCUT2D eigenvalue weighted by Gasteiger charge is -2.13. The molecule has 8 heteroatoms. The minimum absolute atomic E-state index is 0.0808. The maximum atomic E-state index is 13.2. The van der Waals surface area contributed by atoms with Crippen molar-refractivity contribution >= 4 is 46.1 Å². The molecule has 2 aromatic heterocycles. The number of hydrazone groups is 1. The topological polar surface area (TPSA) is 76.3 Å². The van der Waals surface area contributed by atoms with Gasteiger partial charge in [0.05, 0.1) is 28.6 Å². The number of aromatic nitrogens is 2. The highest BCUT2D eigenvalue weighted by Crippen LogP contribution is 2.21. The summed E-state index contributed by atoms with van der Waals surface area (Å²) in [6.45, 7) is 4.00. The zero-order chi connectivity index (χ0) is 21.8. The first-order valence-electron chi connectivity index (χ1n) is 9.61. The van der Waals surface area contributed by atoms with E-state index in [1.54, 1.807) is 34.3 Å². The monoisotopic (exact) mass is 448 g/mol. The van der Waals surface area contributed by atoms with Gasteiger partial charge < -0.3 is 0 Å². The minimum atomic E-state index is -0.271. The molecule has 1 N–H and O–H groups in total. The molecular weight excluding hydrogens is 428 g/mol. The van der Waals surface area contributed by atoms with Crippen molar-refractivity contribution in [2.24, 2.45) is 5.10 Å². The van der Waals surface area contributed by atoms with Gasteiger partial charge in [0.2, 0.25) is 0 Å². The summed E-state index contributed by atoms with van der Waals surface area (Å²) in [5.41, 5.74) is 4.77. The van der Waals surface area contributed by atoms with Crippen LogP contribution in [0.2, 0.25) is 0 Å². The maximum absolute atomic E-state index is 13.2. The number of nitrogens with one attached hydrogen (secondary N) is 1. The molecule has 4 aromatic rings. The molecule has 0 aliphatic carbocycles. The summed E-state index contributed by atoms with van der Waals surface area (Å²) in [5, 5.41) is 5.00. The minimum Gasteiger partial charge on any atom is -0.272 e. The molecule has 0 saturated heterocycles. The van der Waals surface area contributed by atoms with Crippen LogP contribution in [0, 0.1) is 13.8 Å². The van der Waals surface area contributed by atoms with E-state index in [-0.39, 0.29) is 17.2 Å². The lowest BCUT2D eigenvalue weighted by Crippen LogP contribution is -2.24. The molecule has 2 heterocycles. The van der Waals surface area contributed by atoms with Gasteiger partial charge in [-0.3, -0.25) is 14.2 Å². The number of carbonyl (C=O) groups is 1. The Morgan fingerprint density at radius 3 is 2.65 bits per heavy atom. The van der Waals surface area contributed by atoms with Gasteiger partial charge >= 0.3 is 0 Å². The van der Waals surface area contributed by atoms with Crippen molar-refractivity contribution < 1.29 is 4.79 Å². The van der Waals surface area contributed by atoms with Gasteiger partial charge in [0, 0.05) is 9.75 Å². The Balaban J connectivity index is 1.58. The number of hydrogen-bond acceptors (Lipinski definition) is 6. The van der Waals surface area contributed by atoms with E-state index in [1.165, 1.54) is 16.6 Å². The summed E-state index contributed by atoms with van der Waals surface area (Å²) in [6, 6.07) is 18.8. The number of amides is 1. The van der Waals surface area contributed by atoms with E-state index in [2.05, 4.69) is 15.5 Å². The zero-order valence-corrected chi connectivity index (χ0v) is 18.7. The number of benzene rings is 2. The molecule has 0 atom stereocenters. The number of rotatable bonds is 6. The van der Waals surface area contributed by atoms with Crippen LogP contribution in [0.25, 0.3) is 16.6 Å². The third kappa shape index (κ3) is 4.92. The van der Waals surface area contributed by atoms with Crippen molar-refractivity contribution in [2.45, 2.75) is 19.0 Å². The van der Waals surface area contributed by atoms with Crippen LogP contribution < -0.4 is 11.0 Å². The standard InChI is InChI=1S/C23H20N4O2S2/c1-15-7-10-17(11-8-15)27-22(29)19-5-3-4-6-20(19)25-23(27)30-14-21(28)26-24-13-18-12-9-16(2)31-18/h3-13H,14H2,1-2H3,(H,26,28). The first-order valence-corrected chi connectivity index (χ1v) is 11.4. The van der Waals surface area contributed by atoms with Gasteiger partial charge in [-0.2, -0.15) is 5.10 Å². The molecule has 156 valence electrons. The Hall–Kier alpha value is -3.23. The van der Waals surface area contributed by atoms with Crippen molar-refractivity contribution in [1.29, 1.82) is 0 Å². The van der Waals surface area contributed by atoms with Crippen LogP contribution in [0.4, 0.5) is 0 Å². The number of nitrogens with zero attached hydrogens (tertiary/aromatic N) is 3. The largest absolute Gasteiger partial charge is 0.272 e. The van der Waals surface area contributed by atoms with Gasteiger partial charge in [0.25, 0.3) is 11.5 Å². The van der Waals surface area contributed by atoms with E-state index in [0.29, 0.717) is 21.7 Å². The Morgan fingerprint density at radius 1 is 1.13 bits per heavy atom. The van der Waals surface area contributed by atoms with Crippen LogP contribution in [0.3, 0.4) is 0 Å². The fourth-order valence-corrected chi connectivity index (χ4v) is 4.54. The third-order valence-electron chi connectivity index (χ3n) is 4.51. The first-order chi connectivity index (χ1) is 15.0. The van der Waals surface area contributed by atoms with Gasteiger partial charge in [-0.15, -0.1) is 11.3 Å². The van der Waals surface area contributed by atoms with Gasteiger partial charge in [-0.05, 0) is 50.2 Å². The summed E-state index contributed by atoms with van der Waals surface area (Å²) in [4.78, 5) is 32.3. The predicted molar refractivity (Wildman–Crippen MR) is 128 cm³/mol. The Kier molecular flexibility index (Phi) is 6.29. The fraction of sp³-hybridized carbons (Fsp3) is 0.130. The van der Waals surface area contributed by atoms with Gasteiger partial charge in [-0.1, -0.05) is 41.6 Å². The van der Waals surface area contributed by atoms with Crippen molar-refractivity contribution in [3.63, 3.8) is 0 Å². The predicted octanol–water partition coefficient (Wildman–Crippen LogP) is 4.31. The van der Waals surface area contributed by atoms with Crippen molar-refractivity contribution in [3.05, 3.63) is 86.3 Å². The SMILES string of the molecule is Cc1ccc(-n2c(SCC(=O)NN=Cc3ccc(C)s3)nc3ccccc3c2=O)cc1. The normalized spacial score (nSPS) is 11.3. The van der Waals surface area contributed by atoms with Crippen LogP contribution in [0.5, 0.6) is 0 Å². The summed E-state index contributed by atoms with van der Waals surface area (Å²) < 4.78 is 1.55. The first kappa shape index (κ1) is 21.0. The summed E-state index contributed by atoms with van der Waals surface area (Å²) in [6.07, 6.45) is 1.62. The highest BCUT2D eigenvalue weighted by Gasteiger charge is 2.14. The average Bonchev–Trinajstić information content (AvgIpc) is 3.18. The van der Waals surface area contributed by atoms with Crippen LogP contribution >= 0.6 is 23.1 Å². The molecular formula is C23H20N4O2S2. The van der Waals surface area contributed by atoms with Crippen LogP contribution in [-0.4, -0.2) is 27.4 Å². The lowest BCUT2D eigenvalue weighted by molar-refractivity contribution is -0.118. The third-order valence-corrected chi connectivity index (χ3v) is 6.39. The second-order valence-corrected chi connectivity index (χ2v) is 9.18. The summed E-state index contributed by atoms with van der Waals surface area (Å²) in [5.74, 6) is -0.190. The van der Waals surface area contributed by atoms with Crippen LogP contribution in [-0.2, 0) is 4.79 Å². The zero-order valence-electron chi connectivity index (χ0n) is 17.0. The molecule has 31 heavy (non-hydrogen) atoms. The molecule has 0 aliphatic rings. The number of thiophene rings is 1. The Labute approximate surface area is 187 Å². The molecule has 0 fully saturated rings. The molecule has 0 aliphatic heterocycles. The molecule has 0 spiro atoms. The summed E-state index contributed by atoms with van der Waals surface area (Å²) in [7, 11) is 0. The van der Waals surface area contributed by atoms with E-state index in [9.17, 15) is 9.59 Å². The van der Waals surface area contributed by atoms with Gasteiger partial charge in [-0.25, -0.2) is 10.4 Å². The quantitative estimate of drug-likeness (QED) is 0.206.